The summed E-state index contributed by atoms with van der Waals surface area (Å²) in [5.41, 5.74) is 2.07. The number of nitrogens with zero attached hydrogens (tertiary/aromatic N) is 2. The van der Waals surface area contributed by atoms with Gasteiger partial charge < -0.3 is 9.88 Å². The molecule has 2 saturated carbocycles. The molecule has 4 nitrogen and oxygen atoms in total. The zero-order valence-electron chi connectivity index (χ0n) is 13.4. The van der Waals surface area contributed by atoms with E-state index >= 15 is 0 Å². The highest BCUT2D eigenvalue weighted by atomic mass is 16.2. The third-order valence-electron chi connectivity index (χ3n) is 6.31. The number of nitrogens with one attached hydrogen (secondary N) is 1. The highest BCUT2D eigenvalue weighted by Gasteiger charge is 2.46. The normalized spacial score (nSPS) is 33.0. The number of imidazole rings is 1. The molecule has 0 radical (unpaired) electrons. The van der Waals surface area contributed by atoms with Crippen LogP contribution in [0.3, 0.4) is 0 Å². The maximum atomic E-state index is 13.1. The zero-order chi connectivity index (χ0) is 15.4. The Morgan fingerprint density at radius 2 is 2.09 bits per heavy atom. The summed E-state index contributed by atoms with van der Waals surface area (Å²) in [5.74, 6) is 3.14. The molecule has 23 heavy (non-hydrogen) atoms. The summed E-state index contributed by atoms with van der Waals surface area (Å²) in [7, 11) is 0. The summed E-state index contributed by atoms with van der Waals surface area (Å²) in [6.07, 6.45) is 7.17. The first-order valence-electron chi connectivity index (χ1n) is 9.05. The molecular weight excluding hydrogens is 286 g/mol. The van der Waals surface area contributed by atoms with Crippen molar-refractivity contribution in [2.45, 2.75) is 44.6 Å². The first-order chi connectivity index (χ1) is 11.3. The second kappa shape index (κ2) is 5.08. The number of fused-ring (bicyclic) bond motifs is 3. The van der Waals surface area contributed by atoms with Crippen LogP contribution in [0.1, 0.15) is 50.4 Å². The van der Waals surface area contributed by atoms with Crippen molar-refractivity contribution in [2.75, 3.05) is 6.54 Å². The van der Waals surface area contributed by atoms with E-state index in [1.807, 2.05) is 18.2 Å². The molecule has 1 saturated heterocycles. The number of carbonyl (C=O) groups is 1. The van der Waals surface area contributed by atoms with Gasteiger partial charge in [-0.25, -0.2) is 4.98 Å². The van der Waals surface area contributed by atoms with Gasteiger partial charge in [0.2, 0.25) is 5.91 Å². The van der Waals surface area contributed by atoms with Crippen LogP contribution in [0.2, 0.25) is 0 Å². The zero-order valence-corrected chi connectivity index (χ0v) is 13.4. The molecule has 1 amide bonds. The number of rotatable bonds is 2. The Hall–Kier alpha value is -1.84. The van der Waals surface area contributed by atoms with Gasteiger partial charge >= 0.3 is 0 Å². The third-order valence-corrected chi connectivity index (χ3v) is 6.31. The van der Waals surface area contributed by atoms with Crippen LogP contribution in [0.5, 0.6) is 0 Å². The Kier molecular flexibility index (Phi) is 3.00. The van der Waals surface area contributed by atoms with Crippen molar-refractivity contribution in [3.63, 3.8) is 0 Å². The van der Waals surface area contributed by atoms with Crippen molar-refractivity contribution in [1.82, 2.24) is 14.9 Å². The lowest BCUT2D eigenvalue weighted by Crippen LogP contribution is -2.38. The van der Waals surface area contributed by atoms with Crippen LogP contribution in [0.4, 0.5) is 0 Å². The third kappa shape index (κ3) is 2.11. The fraction of sp³-hybridized carbons (Fsp3) is 0.579. The molecule has 2 heterocycles. The number of para-hydroxylation sites is 2. The molecule has 2 bridgehead atoms. The molecule has 4 unspecified atom stereocenters. The molecule has 4 atom stereocenters. The van der Waals surface area contributed by atoms with Gasteiger partial charge in [0.25, 0.3) is 0 Å². The van der Waals surface area contributed by atoms with Crippen LogP contribution >= 0.6 is 0 Å². The largest absolute Gasteiger partial charge is 0.340 e. The SMILES string of the molecule is O=C(C1CC2CCC1C2)N1CCCC1c1nc2ccccc2[nH]1. The van der Waals surface area contributed by atoms with Gasteiger partial charge in [-0.3, -0.25) is 4.79 Å². The number of hydrogen-bond acceptors (Lipinski definition) is 2. The maximum absolute atomic E-state index is 13.1. The van der Waals surface area contributed by atoms with E-state index in [1.54, 1.807) is 0 Å². The Balaban J connectivity index is 1.42. The van der Waals surface area contributed by atoms with E-state index in [0.717, 1.165) is 48.6 Å². The average molecular weight is 309 g/mol. The minimum atomic E-state index is 0.147. The molecule has 3 fully saturated rings. The Morgan fingerprint density at radius 3 is 2.87 bits per heavy atom. The number of aromatic amines is 1. The van der Waals surface area contributed by atoms with Gasteiger partial charge in [-0.1, -0.05) is 18.6 Å². The molecule has 2 aromatic rings. The molecule has 2 aliphatic carbocycles. The summed E-state index contributed by atoms with van der Waals surface area (Å²) in [5, 5.41) is 0. The van der Waals surface area contributed by atoms with Crippen molar-refractivity contribution in [3.8, 4) is 0 Å². The fourth-order valence-corrected chi connectivity index (χ4v) is 5.21. The van der Waals surface area contributed by atoms with Crippen LogP contribution in [-0.2, 0) is 4.79 Å². The van der Waals surface area contributed by atoms with Gasteiger partial charge in [0, 0.05) is 12.5 Å². The molecule has 0 spiro atoms. The van der Waals surface area contributed by atoms with Crippen molar-refractivity contribution in [1.29, 1.82) is 0 Å². The standard InChI is InChI=1S/C19H23N3O/c23-19(14-11-12-7-8-13(14)10-12)22-9-3-6-17(22)18-20-15-4-1-2-5-16(15)21-18/h1-2,4-5,12-14,17H,3,6-11H2,(H,20,21). The summed E-state index contributed by atoms with van der Waals surface area (Å²) in [4.78, 5) is 23.4. The molecule has 1 aliphatic heterocycles. The number of benzene rings is 1. The van der Waals surface area contributed by atoms with Gasteiger partial charge in [0.15, 0.2) is 0 Å². The predicted molar refractivity (Wildman–Crippen MR) is 88.7 cm³/mol. The van der Waals surface area contributed by atoms with Gasteiger partial charge in [-0.15, -0.1) is 0 Å². The van der Waals surface area contributed by atoms with E-state index in [2.05, 4.69) is 16.0 Å². The molecule has 1 aromatic carbocycles. The summed E-state index contributed by atoms with van der Waals surface area (Å²) in [6, 6.07) is 8.28. The molecule has 4 heteroatoms. The number of amides is 1. The van der Waals surface area contributed by atoms with Crippen LogP contribution in [0, 0.1) is 17.8 Å². The van der Waals surface area contributed by atoms with Gasteiger partial charge in [0.1, 0.15) is 5.82 Å². The number of H-pyrrole nitrogens is 1. The number of carbonyl (C=O) groups excluding carboxylic acids is 1. The lowest BCUT2D eigenvalue weighted by molar-refractivity contribution is -0.138. The van der Waals surface area contributed by atoms with Crippen LogP contribution in [0.15, 0.2) is 24.3 Å². The molecule has 5 rings (SSSR count). The molecule has 1 N–H and O–H groups in total. The maximum Gasteiger partial charge on any atom is 0.226 e. The summed E-state index contributed by atoms with van der Waals surface area (Å²) >= 11 is 0. The topological polar surface area (TPSA) is 49.0 Å². The Labute approximate surface area is 136 Å². The first kappa shape index (κ1) is 13.6. The smallest absolute Gasteiger partial charge is 0.226 e. The number of hydrogen-bond donors (Lipinski definition) is 1. The van der Waals surface area contributed by atoms with Crippen molar-refractivity contribution < 1.29 is 4.79 Å². The minimum Gasteiger partial charge on any atom is -0.340 e. The van der Waals surface area contributed by atoms with E-state index in [-0.39, 0.29) is 6.04 Å². The molecule has 3 aliphatic rings. The van der Waals surface area contributed by atoms with Crippen LogP contribution < -0.4 is 0 Å². The van der Waals surface area contributed by atoms with Crippen molar-refractivity contribution in [2.24, 2.45) is 17.8 Å². The molecular formula is C19H23N3O. The molecule has 120 valence electrons. The number of likely N-dealkylation sites (tertiary alicyclic amines) is 1. The van der Waals surface area contributed by atoms with E-state index in [1.165, 1.54) is 19.3 Å². The van der Waals surface area contributed by atoms with Crippen molar-refractivity contribution in [3.05, 3.63) is 30.1 Å². The Morgan fingerprint density at radius 1 is 1.17 bits per heavy atom. The monoisotopic (exact) mass is 309 g/mol. The van der Waals surface area contributed by atoms with E-state index in [0.29, 0.717) is 17.7 Å². The van der Waals surface area contributed by atoms with E-state index in [9.17, 15) is 4.79 Å². The van der Waals surface area contributed by atoms with Gasteiger partial charge in [-0.05, 0) is 56.1 Å². The Bertz CT molecular complexity index is 719. The van der Waals surface area contributed by atoms with Gasteiger partial charge in [0.05, 0.1) is 17.1 Å². The predicted octanol–water partition coefficient (Wildman–Crippen LogP) is 3.66. The lowest BCUT2D eigenvalue weighted by Gasteiger charge is -2.30. The van der Waals surface area contributed by atoms with Crippen LogP contribution in [-0.4, -0.2) is 27.3 Å². The molecule has 1 aromatic heterocycles. The minimum absolute atomic E-state index is 0.147. The second-order valence-electron chi connectivity index (χ2n) is 7.61. The van der Waals surface area contributed by atoms with Crippen molar-refractivity contribution >= 4 is 16.9 Å². The summed E-state index contributed by atoms with van der Waals surface area (Å²) < 4.78 is 0. The fourth-order valence-electron chi connectivity index (χ4n) is 5.21. The summed E-state index contributed by atoms with van der Waals surface area (Å²) in [6.45, 7) is 0.897. The lowest BCUT2D eigenvalue weighted by atomic mass is 9.87. The number of aromatic nitrogens is 2. The van der Waals surface area contributed by atoms with Crippen LogP contribution in [0.25, 0.3) is 11.0 Å². The average Bonchev–Trinajstić information content (AvgIpc) is 3.35. The highest BCUT2D eigenvalue weighted by molar-refractivity contribution is 5.81. The van der Waals surface area contributed by atoms with Gasteiger partial charge in [-0.2, -0.15) is 0 Å². The second-order valence-corrected chi connectivity index (χ2v) is 7.61. The van der Waals surface area contributed by atoms with E-state index in [4.69, 9.17) is 4.98 Å². The van der Waals surface area contributed by atoms with E-state index < -0.39 is 0 Å². The first-order valence-corrected chi connectivity index (χ1v) is 9.05. The quantitative estimate of drug-likeness (QED) is 0.920. The highest BCUT2D eigenvalue weighted by Crippen LogP contribution is 2.50.